The third kappa shape index (κ3) is 2.71. The predicted octanol–water partition coefficient (Wildman–Crippen LogP) is 2.92. The molecule has 0 fully saturated rings. The minimum absolute atomic E-state index is 0.214. The van der Waals surface area contributed by atoms with Crippen LogP contribution in [0.25, 0.3) is 0 Å². The zero-order chi connectivity index (χ0) is 17.6. The van der Waals surface area contributed by atoms with Crippen molar-refractivity contribution < 1.29 is 13.6 Å². The number of amides is 1. The van der Waals surface area contributed by atoms with Gasteiger partial charge in [0.1, 0.15) is 6.04 Å². The first kappa shape index (κ1) is 15.6. The molecule has 1 aliphatic rings. The molecule has 0 bridgehead atoms. The van der Waals surface area contributed by atoms with Crippen LogP contribution in [0.3, 0.4) is 0 Å². The molecule has 0 N–H and O–H groups in total. The van der Waals surface area contributed by atoms with Gasteiger partial charge in [-0.15, -0.1) is 10.2 Å². The molecule has 0 saturated carbocycles. The smallest absolute Gasteiger partial charge is 0.292 e. The standard InChI is InChI=1S/C18H18N4O3/c1-10-16(24-11(2)19-10)18(23)22-9-14-7-5-4-6-13(14)8-15(22)17-21-20-12(3)25-17/h4-7,15H,8-9H2,1-3H3/t15-/m1/s1. The third-order valence-electron chi connectivity index (χ3n) is 4.43. The Kier molecular flexibility index (Phi) is 3.63. The molecule has 1 aromatic carbocycles. The predicted molar refractivity (Wildman–Crippen MR) is 87.8 cm³/mol. The second-order valence-corrected chi connectivity index (χ2v) is 6.23. The number of oxazole rings is 1. The van der Waals surface area contributed by atoms with Crippen molar-refractivity contribution in [3.63, 3.8) is 0 Å². The number of hydrogen-bond acceptors (Lipinski definition) is 6. The summed E-state index contributed by atoms with van der Waals surface area (Å²) in [4.78, 5) is 19.1. The normalized spacial score (nSPS) is 16.8. The maximum Gasteiger partial charge on any atom is 0.292 e. The van der Waals surface area contributed by atoms with Crippen LogP contribution in [0.15, 0.2) is 33.1 Å². The molecule has 25 heavy (non-hydrogen) atoms. The highest BCUT2D eigenvalue weighted by Crippen LogP contribution is 2.34. The number of fused-ring (bicyclic) bond motifs is 1. The number of carbonyl (C=O) groups is 1. The average Bonchev–Trinajstić information content (AvgIpc) is 3.18. The van der Waals surface area contributed by atoms with Crippen LogP contribution >= 0.6 is 0 Å². The molecule has 0 spiro atoms. The molecule has 3 aromatic rings. The second kappa shape index (κ2) is 5.84. The van der Waals surface area contributed by atoms with Crippen molar-refractivity contribution in [2.45, 2.75) is 39.8 Å². The fourth-order valence-corrected chi connectivity index (χ4v) is 3.26. The summed E-state index contributed by atoms with van der Waals surface area (Å²) in [5, 5.41) is 8.06. The minimum Gasteiger partial charge on any atom is -0.436 e. The first-order valence-electron chi connectivity index (χ1n) is 8.14. The number of aryl methyl sites for hydroxylation is 3. The van der Waals surface area contributed by atoms with Gasteiger partial charge in [-0.3, -0.25) is 4.79 Å². The van der Waals surface area contributed by atoms with Crippen LogP contribution in [-0.4, -0.2) is 26.0 Å². The van der Waals surface area contributed by atoms with E-state index in [9.17, 15) is 4.79 Å². The Balaban J connectivity index is 1.77. The Morgan fingerprint density at radius 2 is 1.84 bits per heavy atom. The highest BCUT2D eigenvalue weighted by Gasteiger charge is 2.36. The molecule has 7 nitrogen and oxygen atoms in total. The maximum absolute atomic E-state index is 13.1. The average molecular weight is 338 g/mol. The van der Waals surface area contributed by atoms with Gasteiger partial charge in [0.25, 0.3) is 5.91 Å². The highest BCUT2D eigenvalue weighted by molar-refractivity contribution is 5.92. The summed E-state index contributed by atoms with van der Waals surface area (Å²) in [6.07, 6.45) is 0.621. The Hall–Kier alpha value is -2.96. The van der Waals surface area contributed by atoms with Crippen molar-refractivity contribution in [3.8, 4) is 0 Å². The molecule has 1 amide bonds. The van der Waals surface area contributed by atoms with Crippen LogP contribution in [0.1, 0.15) is 51.1 Å². The zero-order valence-corrected chi connectivity index (χ0v) is 14.3. The van der Waals surface area contributed by atoms with Gasteiger partial charge in [0, 0.05) is 26.8 Å². The lowest BCUT2D eigenvalue weighted by Gasteiger charge is -2.34. The van der Waals surface area contributed by atoms with Crippen molar-refractivity contribution in [2.24, 2.45) is 0 Å². The van der Waals surface area contributed by atoms with Gasteiger partial charge >= 0.3 is 0 Å². The van der Waals surface area contributed by atoms with Crippen LogP contribution in [0, 0.1) is 20.8 Å². The summed E-state index contributed by atoms with van der Waals surface area (Å²) in [5.41, 5.74) is 2.87. The Bertz CT molecular complexity index is 943. The molecule has 1 atom stereocenters. The van der Waals surface area contributed by atoms with Crippen LogP contribution < -0.4 is 0 Å². The molecular weight excluding hydrogens is 320 g/mol. The lowest BCUT2D eigenvalue weighted by Crippen LogP contribution is -2.39. The molecule has 0 radical (unpaired) electrons. The van der Waals surface area contributed by atoms with Gasteiger partial charge in [-0.2, -0.15) is 0 Å². The summed E-state index contributed by atoms with van der Waals surface area (Å²) >= 11 is 0. The van der Waals surface area contributed by atoms with Gasteiger partial charge in [0.15, 0.2) is 5.89 Å². The van der Waals surface area contributed by atoms with Gasteiger partial charge in [0.05, 0.1) is 5.69 Å². The van der Waals surface area contributed by atoms with Crippen LogP contribution in [-0.2, 0) is 13.0 Å². The van der Waals surface area contributed by atoms with E-state index in [2.05, 4.69) is 21.2 Å². The molecule has 3 heterocycles. The second-order valence-electron chi connectivity index (χ2n) is 6.23. The van der Waals surface area contributed by atoms with Crippen molar-refractivity contribution in [2.75, 3.05) is 0 Å². The van der Waals surface area contributed by atoms with Crippen molar-refractivity contribution in [1.29, 1.82) is 0 Å². The van der Waals surface area contributed by atoms with Crippen molar-refractivity contribution >= 4 is 5.91 Å². The monoisotopic (exact) mass is 338 g/mol. The number of rotatable bonds is 2. The summed E-state index contributed by atoms with van der Waals surface area (Å²) < 4.78 is 11.2. The van der Waals surface area contributed by atoms with Crippen LogP contribution in [0.2, 0.25) is 0 Å². The van der Waals surface area contributed by atoms with Crippen molar-refractivity contribution in [3.05, 3.63) is 64.5 Å². The van der Waals surface area contributed by atoms with E-state index in [0.29, 0.717) is 36.3 Å². The Labute approximate surface area is 144 Å². The van der Waals surface area contributed by atoms with Gasteiger partial charge in [0.2, 0.25) is 17.5 Å². The quantitative estimate of drug-likeness (QED) is 0.714. The van der Waals surface area contributed by atoms with Crippen LogP contribution in [0.4, 0.5) is 0 Å². The lowest BCUT2D eigenvalue weighted by atomic mass is 9.93. The molecule has 1 aliphatic heterocycles. The summed E-state index contributed by atoms with van der Waals surface area (Å²) in [6, 6.07) is 7.74. The molecule has 128 valence electrons. The van der Waals surface area contributed by atoms with Crippen molar-refractivity contribution in [1.82, 2.24) is 20.1 Å². The molecule has 4 rings (SSSR count). The van der Waals surface area contributed by atoms with E-state index < -0.39 is 0 Å². The number of nitrogens with zero attached hydrogens (tertiary/aromatic N) is 4. The molecule has 0 unspecified atom stereocenters. The summed E-state index contributed by atoms with van der Waals surface area (Å²) in [6.45, 7) is 5.70. The van der Waals surface area contributed by atoms with Crippen LogP contribution in [0.5, 0.6) is 0 Å². The fourth-order valence-electron chi connectivity index (χ4n) is 3.26. The number of hydrogen-bond donors (Lipinski definition) is 0. The molecular formula is C18H18N4O3. The van der Waals surface area contributed by atoms with E-state index >= 15 is 0 Å². The molecule has 0 saturated heterocycles. The Morgan fingerprint density at radius 1 is 1.08 bits per heavy atom. The van der Waals surface area contributed by atoms with Gasteiger partial charge in [-0.1, -0.05) is 24.3 Å². The topological polar surface area (TPSA) is 85.3 Å². The number of aromatic nitrogens is 3. The first-order chi connectivity index (χ1) is 12.0. The molecule has 0 aliphatic carbocycles. The van der Waals surface area contributed by atoms with Gasteiger partial charge in [-0.25, -0.2) is 4.98 Å². The number of benzene rings is 1. The van der Waals surface area contributed by atoms with E-state index in [1.165, 1.54) is 5.56 Å². The largest absolute Gasteiger partial charge is 0.436 e. The minimum atomic E-state index is -0.326. The maximum atomic E-state index is 13.1. The van der Waals surface area contributed by atoms with E-state index in [1.807, 2.05) is 18.2 Å². The van der Waals surface area contributed by atoms with Gasteiger partial charge < -0.3 is 13.7 Å². The first-order valence-corrected chi connectivity index (χ1v) is 8.14. The lowest BCUT2D eigenvalue weighted by molar-refractivity contribution is 0.0567. The molecule has 7 heteroatoms. The summed E-state index contributed by atoms with van der Waals surface area (Å²) in [7, 11) is 0. The zero-order valence-electron chi connectivity index (χ0n) is 14.3. The summed E-state index contributed by atoms with van der Waals surface area (Å²) in [5.74, 6) is 1.44. The Morgan fingerprint density at radius 3 is 2.48 bits per heavy atom. The van der Waals surface area contributed by atoms with E-state index in [0.717, 1.165) is 5.56 Å². The van der Waals surface area contributed by atoms with E-state index in [-0.39, 0.29) is 17.7 Å². The third-order valence-corrected chi connectivity index (χ3v) is 4.43. The van der Waals surface area contributed by atoms with E-state index in [4.69, 9.17) is 8.83 Å². The highest BCUT2D eigenvalue weighted by atomic mass is 16.4. The fraction of sp³-hybridized carbons (Fsp3) is 0.333. The molecule has 2 aromatic heterocycles. The van der Waals surface area contributed by atoms with Gasteiger partial charge in [-0.05, 0) is 18.1 Å². The SMILES string of the molecule is Cc1nnc([C@H]2Cc3ccccc3CN2C(=O)c2oc(C)nc2C)o1. The van der Waals surface area contributed by atoms with E-state index in [1.54, 1.807) is 25.7 Å². The number of carbonyl (C=O) groups excluding carboxylic acids is 1.